The van der Waals surface area contributed by atoms with Crippen molar-refractivity contribution in [2.75, 3.05) is 4.90 Å². The molecule has 2 aromatic heterocycles. The number of carbonyl (C=O) groups excluding carboxylic acids is 2. The van der Waals surface area contributed by atoms with E-state index in [4.69, 9.17) is 0 Å². The standard InChI is InChI=1S/C38H31NO2S2/c1-20-9-21(2)12-27(11-20)39(28-13-22(3)10-23(4)14-28)26-7-8-30-34(17-26)43-35-19-29(42-38(30)35)18-33-36(40)31-15-24(5)25(6)16-32(31)37(33)41/h7-19H,1-6H3. The zero-order valence-corrected chi connectivity index (χ0v) is 26.7. The van der Waals surface area contributed by atoms with Gasteiger partial charge in [-0.3, -0.25) is 9.59 Å². The molecular weight excluding hydrogens is 567 g/mol. The number of thiophene rings is 2. The van der Waals surface area contributed by atoms with Crippen molar-refractivity contribution in [3.8, 4) is 0 Å². The summed E-state index contributed by atoms with van der Waals surface area (Å²) >= 11 is 3.39. The first-order valence-electron chi connectivity index (χ1n) is 14.4. The van der Waals surface area contributed by atoms with Gasteiger partial charge in [0.05, 0.1) is 10.3 Å². The molecule has 0 amide bonds. The number of anilines is 3. The van der Waals surface area contributed by atoms with Crippen LogP contribution in [-0.4, -0.2) is 11.6 Å². The summed E-state index contributed by atoms with van der Waals surface area (Å²) in [5.41, 5.74) is 11.7. The first-order chi connectivity index (χ1) is 20.5. The van der Waals surface area contributed by atoms with E-state index in [9.17, 15) is 9.59 Å². The third-order valence-corrected chi connectivity index (χ3v) is 10.6. The summed E-state index contributed by atoms with van der Waals surface area (Å²) < 4.78 is 3.56. The summed E-state index contributed by atoms with van der Waals surface area (Å²) in [6.45, 7) is 12.5. The predicted octanol–water partition coefficient (Wildman–Crippen LogP) is 10.9. The van der Waals surface area contributed by atoms with Crippen LogP contribution in [-0.2, 0) is 0 Å². The van der Waals surface area contributed by atoms with Crippen LogP contribution in [0.1, 0.15) is 59.0 Å². The summed E-state index contributed by atoms with van der Waals surface area (Å²) in [6.07, 6.45) is 1.79. The van der Waals surface area contributed by atoms with E-state index in [1.807, 2.05) is 26.0 Å². The molecule has 0 saturated heterocycles. The lowest BCUT2D eigenvalue weighted by molar-refractivity contribution is 0.0990. The topological polar surface area (TPSA) is 37.4 Å². The van der Waals surface area contributed by atoms with Crippen molar-refractivity contribution in [2.45, 2.75) is 41.5 Å². The molecule has 0 N–H and O–H groups in total. The van der Waals surface area contributed by atoms with Gasteiger partial charge in [-0.2, -0.15) is 0 Å². The zero-order chi connectivity index (χ0) is 30.2. The Morgan fingerprint density at radius 1 is 0.558 bits per heavy atom. The normalized spacial score (nSPS) is 12.9. The summed E-state index contributed by atoms with van der Waals surface area (Å²) in [6, 6.07) is 25.9. The number of nitrogens with zero attached hydrogens (tertiary/aromatic N) is 1. The van der Waals surface area contributed by atoms with Crippen molar-refractivity contribution in [2.24, 2.45) is 0 Å². The third-order valence-electron chi connectivity index (χ3n) is 8.23. The van der Waals surface area contributed by atoms with Gasteiger partial charge in [-0.1, -0.05) is 18.2 Å². The number of Topliss-reactive ketones (excluding diaryl/α,β-unsaturated/α-hetero) is 2. The molecule has 5 heteroatoms. The minimum atomic E-state index is -0.174. The highest BCUT2D eigenvalue weighted by Crippen LogP contribution is 2.44. The summed E-state index contributed by atoms with van der Waals surface area (Å²) in [5, 5.41) is 1.19. The molecule has 0 radical (unpaired) electrons. The molecule has 1 aliphatic rings. The molecule has 4 aromatic carbocycles. The number of hydrogen-bond donors (Lipinski definition) is 0. The third kappa shape index (κ3) is 4.73. The van der Waals surface area contributed by atoms with Gasteiger partial charge in [-0.05, 0) is 136 Å². The molecule has 0 unspecified atom stereocenters. The van der Waals surface area contributed by atoms with Crippen molar-refractivity contribution in [1.29, 1.82) is 0 Å². The van der Waals surface area contributed by atoms with Gasteiger partial charge in [0.25, 0.3) is 0 Å². The van der Waals surface area contributed by atoms with E-state index in [2.05, 4.69) is 93.3 Å². The molecule has 7 rings (SSSR count). The highest BCUT2D eigenvalue weighted by Gasteiger charge is 2.33. The van der Waals surface area contributed by atoms with Crippen molar-refractivity contribution >= 4 is 76.9 Å². The number of ketones is 2. The molecule has 2 heterocycles. The predicted molar refractivity (Wildman–Crippen MR) is 183 cm³/mol. The second kappa shape index (κ2) is 10.1. The Balaban J connectivity index is 1.30. The Hall–Kier alpha value is -4.32. The number of fused-ring (bicyclic) bond motifs is 4. The van der Waals surface area contributed by atoms with Crippen LogP contribution in [0.3, 0.4) is 0 Å². The quantitative estimate of drug-likeness (QED) is 0.150. The molecule has 0 fully saturated rings. The van der Waals surface area contributed by atoms with E-state index in [-0.39, 0.29) is 17.1 Å². The number of aryl methyl sites for hydroxylation is 6. The minimum Gasteiger partial charge on any atom is -0.310 e. The fraction of sp³-hybridized carbons (Fsp3) is 0.158. The molecule has 0 spiro atoms. The van der Waals surface area contributed by atoms with Crippen molar-refractivity contribution in [3.05, 3.63) is 128 Å². The van der Waals surface area contributed by atoms with Gasteiger partial charge in [-0.25, -0.2) is 0 Å². The molecule has 1 aliphatic carbocycles. The Bertz CT molecular complexity index is 2060. The maximum Gasteiger partial charge on any atom is 0.197 e. The van der Waals surface area contributed by atoms with Crippen LogP contribution in [0.15, 0.2) is 78.4 Å². The van der Waals surface area contributed by atoms with Crippen LogP contribution in [0.4, 0.5) is 17.1 Å². The highest BCUT2D eigenvalue weighted by molar-refractivity contribution is 7.33. The Morgan fingerprint density at radius 2 is 1.09 bits per heavy atom. The molecule has 0 saturated carbocycles. The summed E-state index contributed by atoms with van der Waals surface area (Å²) in [5.74, 6) is -0.348. The number of rotatable bonds is 4. The monoisotopic (exact) mass is 597 g/mol. The lowest BCUT2D eigenvalue weighted by Gasteiger charge is -2.27. The van der Waals surface area contributed by atoms with Crippen LogP contribution < -0.4 is 4.90 Å². The molecule has 212 valence electrons. The molecule has 43 heavy (non-hydrogen) atoms. The number of carbonyl (C=O) groups is 2. The van der Waals surface area contributed by atoms with Crippen LogP contribution in [0.5, 0.6) is 0 Å². The van der Waals surface area contributed by atoms with Crippen LogP contribution in [0.25, 0.3) is 25.6 Å². The Kier molecular flexibility index (Phi) is 6.49. The van der Waals surface area contributed by atoms with Crippen LogP contribution in [0.2, 0.25) is 0 Å². The Labute approximate surface area is 259 Å². The maximum atomic E-state index is 13.2. The van der Waals surface area contributed by atoms with Crippen molar-refractivity contribution < 1.29 is 9.59 Å². The summed E-state index contributed by atoms with van der Waals surface area (Å²) in [7, 11) is 0. The first kappa shape index (κ1) is 27.5. The smallest absolute Gasteiger partial charge is 0.197 e. The fourth-order valence-electron chi connectivity index (χ4n) is 6.23. The van der Waals surface area contributed by atoms with E-state index < -0.39 is 0 Å². The number of allylic oxidation sites excluding steroid dienone is 1. The molecule has 0 aliphatic heterocycles. The maximum absolute atomic E-state index is 13.2. The first-order valence-corrected chi connectivity index (χ1v) is 16.0. The van der Waals surface area contributed by atoms with Gasteiger partial charge in [0.1, 0.15) is 0 Å². The van der Waals surface area contributed by atoms with E-state index in [1.54, 1.807) is 28.7 Å². The largest absolute Gasteiger partial charge is 0.310 e. The van der Waals surface area contributed by atoms with E-state index in [1.165, 1.54) is 37.0 Å². The van der Waals surface area contributed by atoms with Crippen molar-refractivity contribution in [1.82, 2.24) is 0 Å². The lowest BCUT2D eigenvalue weighted by Crippen LogP contribution is -2.11. The average Bonchev–Trinajstić information content (AvgIpc) is 3.54. The van der Waals surface area contributed by atoms with Gasteiger partial charge in [0.2, 0.25) is 0 Å². The molecule has 3 nitrogen and oxygen atoms in total. The summed E-state index contributed by atoms with van der Waals surface area (Å²) in [4.78, 5) is 29.6. The van der Waals surface area contributed by atoms with Gasteiger partial charge in [0.15, 0.2) is 11.6 Å². The van der Waals surface area contributed by atoms with E-state index in [0.29, 0.717) is 11.1 Å². The number of benzene rings is 4. The zero-order valence-electron chi connectivity index (χ0n) is 25.1. The number of hydrogen-bond acceptors (Lipinski definition) is 5. The van der Waals surface area contributed by atoms with E-state index in [0.717, 1.165) is 37.8 Å². The van der Waals surface area contributed by atoms with Crippen LogP contribution >= 0.6 is 22.7 Å². The molecular formula is C38H31NO2S2. The SMILES string of the molecule is Cc1cc(C)cc(N(c2cc(C)cc(C)c2)c2ccc3c(c2)sc2cc(C=C4C(=O)c5cc(C)c(C)cc5C4=O)sc23)c1. The Morgan fingerprint density at radius 3 is 1.63 bits per heavy atom. The molecule has 0 bridgehead atoms. The fourth-order valence-corrected chi connectivity index (χ4v) is 8.74. The van der Waals surface area contributed by atoms with Crippen molar-refractivity contribution in [3.63, 3.8) is 0 Å². The second-order valence-electron chi connectivity index (χ2n) is 11.9. The second-order valence-corrected chi connectivity index (χ2v) is 14.0. The molecule has 6 aromatic rings. The van der Waals surface area contributed by atoms with Gasteiger partial charge in [0, 0.05) is 47.9 Å². The lowest BCUT2D eigenvalue weighted by atomic mass is 10.0. The van der Waals surface area contributed by atoms with E-state index >= 15 is 0 Å². The van der Waals surface area contributed by atoms with Crippen LogP contribution in [0, 0.1) is 41.5 Å². The van der Waals surface area contributed by atoms with Gasteiger partial charge in [-0.15, -0.1) is 22.7 Å². The average molecular weight is 598 g/mol. The molecule has 0 atom stereocenters. The van der Waals surface area contributed by atoms with Gasteiger partial charge >= 0.3 is 0 Å². The van der Waals surface area contributed by atoms with Gasteiger partial charge < -0.3 is 4.90 Å². The highest BCUT2D eigenvalue weighted by atomic mass is 32.1. The minimum absolute atomic E-state index is 0.174.